The third-order valence-electron chi connectivity index (χ3n) is 6.60. The average Bonchev–Trinajstić information content (AvgIpc) is 2.95. The summed E-state index contributed by atoms with van der Waals surface area (Å²) in [6.45, 7) is 13.0. The van der Waals surface area contributed by atoms with E-state index in [1.165, 1.54) is 5.69 Å². The number of nitrogens with one attached hydrogen (secondary N) is 1. The molecule has 1 N–H and O–H groups in total. The topological polar surface area (TPSA) is 63.7 Å². The van der Waals surface area contributed by atoms with Gasteiger partial charge in [0.25, 0.3) is 5.91 Å². The zero-order valence-corrected chi connectivity index (χ0v) is 24.6. The highest BCUT2D eigenvalue weighted by Gasteiger charge is 2.21. The van der Waals surface area contributed by atoms with Crippen LogP contribution in [0.15, 0.2) is 60.9 Å². The number of hydrogen-bond donors (Lipinski definition) is 1. The first-order valence-corrected chi connectivity index (χ1v) is 14.4. The minimum Gasteiger partial charge on any atom is -0.489 e. The second kappa shape index (κ2) is 15.4. The van der Waals surface area contributed by atoms with E-state index < -0.39 is 0 Å². The third kappa shape index (κ3) is 9.17. The molecule has 1 aliphatic heterocycles. The first-order chi connectivity index (χ1) is 18.9. The van der Waals surface area contributed by atoms with Crippen LogP contribution in [0.2, 0.25) is 5.02 Å². The quantitative estimate of drug-likeness (QED) is 0.290. The van der Waals surface area contributed by atoms with Gasteiger partial charge in [-0.05, 0) is 87.1 Å². The van der Waals surface area contributed by atoms with Gasteiger partial charge in [0, 0.05) is 54.7 Å². The summed E-state index contributed by atoms with van der Waals surface area (Å²) in [5, 5.41) is 3.86. The van der Waals surface area contributed by atoms with Gasteiger partial charge in [0.2, 0.25) is 0 Å². The number of piperidine rings is 1. The molecular weight excluding hydrogens is 510 g/mol. The predicted octanol–water partition coefficient (Wildman–Crippen LogP) is 7.12. The molecular formula is C32H42ClN3O3. The van der Waals surface area contributed by atoms with Gasteiger partial charge in [-0.1, -0.05) is 37.6 Å². The van der Waals surface area contributed by atoms with Gasteiger partial charge >= 0.3 is 0 Å². The molecule has 2 heterocycles. The Hall–Kier alpha value is -3.25. The Morgan fingerprint density at radius 2 is 1.77 bits per heavy atom. The van der Waals surface area contributed by atoms with Gasteiger partial charge in [-0.15, -0.1) is 0 Å². The maximum absolute atomic E-state index is 13.0. The van der Waals surface area contributed by atoms with E-state index in [4.69, 9.17) is 21.1 Å². The van der Waals surface area contributed by atoms with Gasteiger partial charge in [0.15, 0.2) is 11.5 Å². The maximum atomic E-state index is 13.0. The lowest BCUT2D eigenvalue weighted by Crippen LogP contribution is -2.38. The van der Waals surface area contributed by atoms with Crippen molar-refractivity contribution in [2.24, 2.45) is 5.92 Å². The van der Waals surface area contributed by atoms with Gasteiger partial charge in [-0.2, -0.15) is 0 Å². The van der Waals surface area contributed by atoms with Gasteiger partial charge < -0.3 is 19.7 Å². The van der Waals surface area contributed by atoms with Crippen LogP contribution in [0.4, 0.5) is 5.69 Å². The van der Waals surface area contributed by atoms with Crippen LogP contribution in [0.25, 0.3) is 0 Å². The van der Waals surface area contributed by atoms with Crippen LogP contribution in [0.5, 0.6) is 11.5 Å². The summed E-state index contributed by atoms with van der Waals surface area (Å²) < 4.78 is 12.0. The highest BCUT2D eigenvalue weighted by Crippen LogP contribution is 2.30. The normalized spacial score (nSPS) is 13.5. The lowest BCUT2D eigenvalue weighted by Gasteiger charge is -2.33. The Kier molecular flexibility index (Phi) is 11.9. The van der Waals surface area contributed by atoms with E-state index in [9.17, 15) is 4.79 Å². The lowest BCUT2D eigenvalue weighted by atomic mass is 9.96. The van der Waals surface area contributed by atoms with E-state index in [0.717, 1.165) is 42.1 Å². The first kappa shape index (κ1) is 30.3. The van der Waals surface area contributed by atoms with Gasteiger partial charge in [-0.25, -0.2) is 0 Å². The molecule has 39 heavy (non-hydrogen) atoms. The number of carbonyl (C=O) groups is 1. The molecule has 0 atom stereocenters. The molecule has 7 heteroatoms. The summed E-state index contributed by atoms with van der Waals surface area (Å²) in [7, 11) is 0. The lowest BCUT2D eigenvalue weighted by molar-refractivity contribution is 0.0944. The van der Waals surface area contributed by atoms with Crippen molar-refractivity contribution in [1.29, 1.82) is 0 Å². The predicted molar refractivity (Wildman–Crippen MR) is 160 cm³/mol. The van der Waals surface area contributed by atoms with Gasteiger partial charge in [0.05, 0.1) is 12.7 Å². The van der Waals surface area contributed by atoms with E-state index >= 15 is 0 Å². The molecule has 0 saturated carbocycles. The molecule has 1 fully saturated rings. The molecule has 0 radical (unpaired) electrons. The number of anilines is 1. The zero-order valence-electron chi connectivity index (χ0n) is 23.9. The van der Waals surface area contributed by atoms with Crippen LogP contribution in [0.1, 0.15) is 62.0 Å². The number of amides is 1. The number of benzene rings is 2. The van der Waals surface area contributed by atoms with Crippen molar-refractivity contribution in [3.05, 3.63) is 82.6 Å². The first-order valence-electron chi connectivity index (χ1n) is 14.0. The molecule has 0 unspecified atom stereocenters. The van der Waals surface area contributed by atoms with Crippen molar-refractivity contribution in [1.82, 2.24) is 10.3 Å². The van der Waals surface area contributed by atoms with Crippen LogP contribution in [-0.2, 0) is 6.42 Å². The summed E-state index contributed by atoms with van der Waals surface area (Å²) in [4.78, 5) is 19.5. The molecule has 1 amide bonds. The Labute approximate surface area is 238 Å². The molecule has 2 aromatic carbocycles. The van der Waals surface area contributed by atoms with E-state index in [1.807, 2.05) is 83.4 Å². The Balaban J connectivity index is 0.00000205. The van der Waals surface area contributed by atoms with Crippen molar-refractivity contribution in [3.8, 4) is 11.5 Å². The number of aryl methyl sites for hydroxylation is 1. The number of hydrogen-bond acceptors (Lipinski definition) is 5. The number of aromatic nitrogens is 1. The van der Waals surface area contributed by atoms with E-state index in [2.05, 4.69) is 15.2 Å². The molecule has 4 rings (SSSR count). The number of halogens is 1. The summed E-state index contributed by atoms with van der Waals surface area (Å²) in [6, 6.07) is 15.5. The summed E-state index contributed by atoms with van der Waals surface area (Å²) in [6.07, 6.45) is 6.39. The second-order valence-electron chi connectivity index (χ2n) is 9.87. The monoisotopic (exact) mass is 551 g/mol. The number of nitrogens with zero attached hydrogens (tertiary/aromatic N) is 2. The fourth-order valence-electron chi connectivity index (χ4n) is 4.53. The zero-order chi connectivity index (χ0) is 28.2. The van der Waals surface area contributed by atoms with Gasteiger partial charge in [-0.3, -0.25) is 9.78 Å². The fourth-order valence-corrected chi connectivity index (χ4v) is 4.86. The number of ether oxygens (including phenoxy) is 2. The van der Waals surface area contributed by atoms with Gasteiger partial charge in [0.1, 0.15) is 0 Å². The fraction of sp³-hybridized carbons (Fsp3) is 0.438. The van der Waals surface area contributed by atoms with E-state index in [0.29, 0.717) is 42.6 Å². The summed E-state index contributed by atoms with van der Waals surface area (Å²) in [5.41, 5.74) is 3.93. The van der Waals surface area contributed by atoms with Crippen LogP contribution in [0.3, 0.4) is 0 Å². The third-order valence-corrected chi connectivity index (χ3v) is 6.95. The Morgan fingerprint density at radius 3 is 2.44 bits per heavy atom. The molecule has 0 spiro atoms. The van der Waals surface area contributed by atoms with Crippen molar-refractivity contribution in [2.75, 3.05) is 31.1 Å². The van der Waals surface area contributed by atoms with Crippen LogP contribution in [0, 0.1) is 12.8 Å². The minimum atomic E-state index is -0.0981. The maximum Gasteiger partial charge on any atom is 0.251 e. The van der Waals surface area contributed by atoms with Crippen molar-refractivity contribution in [2.45, 2.75) is 60.0 Å². The molecule has 6 nitrogen and oxygen atoms in total. The Bertz CT molecular complexity index is 1180. The van der Waals surface area contributed by atoms with Crippen molar-refractivity contribution < 1.29 is 14.3 Å². The van der Waals surface area contributed by atoms with Crippen LogP contribution < -0.4 is 19.7 Å². The van der Waals surface area contributed by atoms with Crippen molar-refractivity contribution in [3.63, 3.8) is 0 Å². The molecule has 3 aromatic rings. The largest absolute Gasteiger partial charge is 0.489 e. The SMILES string of the molecule is CC.Cc1ccc(CCOc2cc(C(=O)NCC3CCN(c4ccncc4)CC3)ccc2OC(C)C)c(Cl)c1. The second-order valence-corrected chi connectivity index (χ2v) is 10.3. The molecule has 0 aliphatic carbocycles. The Morgan fingerprint density at radius 1 is 1.05 bits per heavy atom. The standard InChI is InChI=1S/C30H36ClN3O3.C2H6/c1-21(2)37-28-7-6-25(19-29(28)36-17-12-24-5-4-22(3)18-27(24)31)30(35)33-20-23-10-15-34(16-11-23)26-8-13-32-14-9-26;1-2/h4-9,13-14,18-19,21,23H,10-12,15-17,20H2,1-3H3,(H,33,35);1-2H3. The van der Waals surface area contributed by atoms with Crippen LogP contribution >= 0.6 is 11.6 Å². The molecule has 0 bridgehead atoms. The summed E-state index contributed by atoms with van der Waals surface area (Å²) in [5.74, 6) is 1.56. The number of rotatable bonds is 10. The molecule has 210 valence electrons. The molecule has 1 aliphatic rings. The minimum absolute atomic E-state index is 0.00779. The molecule has 1 saturated heterocycles. The smallest absolute Gasteiger partial charge is 0.251 e. The highest BCUT2D eigenvalue weighted by atomic mass is 35.5. The number of pyridine rings is 1. The average molecular weight is 552 g/mol. The van der Waals surface area contributed by atoms with Crippen LogP contribution in [-0.4, -0.2) is 43.2 Å². The summed E-state index contributed by atoms with van der Waals surface area (Å²) >= 11 is 6.38. The molecule has 1 aromatic heterocycles. The number of carbonyl (C=O) groups excluding carboxylic acids is 1. The van der Waals surface area contributed by atoms with Crippen molar-refractivity contribution >= 4 is 23.2 Å². The van der Waals surface area contributed by atoms with E-state index in [-0.39, 0.29) is 12.0 Å². The highest BCUT2D eigenvalue weighted by molar-refractivity contribution is 6.31. The van der Waals surface area contributed by atoms with E-state index in [1.54, 1.807) is 12.1 Å².